The van der Waals surface area contributed by atoms with Crippen LogP contribution >= 0.6 is 0 Å². The Bertz CT molecular complexity index is 161. The summed E-state index contributed by atoms with van der Waals surface area (Å²) in [6.07, 6.45) is 0. The standard InChI is InChI=1S/C6H12N2.3C3H8O2/c1-2-8-5-3-7(1)4-6-8;3*1-4-3-5-2/h1-6H2;3*3H2,1-2H3. The SMILES string of the molecule is C1CN2CCN1CC2.COCOC.COCOC.COCOC. The lowest BCUT2D eigenvalue weighted by Crippen LogP contribution is -2.55. The van der Waals surface area contributed by atoms with Gasteiger partial charge in [-0.25, -0.2) is 0 Å². The Balaban J connectivity index is 0. The number of nitrogens with zero attached hydrogens (tertiary/aromatic N) is 2. The normalized spacial score (nSPS) is 21.1. The van der Waals surface area contributed by atoms with E-state index >= 15 is 0 Å². The zero-order chi connectivity index (χ0) is 17.8. The largest absolute Gasteiger partial charge is 0.359 e. The maximum absolute atomic E-state index is 4.47. The molecule has 0 N–H and O–H groups in total. The first-order valence-corrected chi connectivity index (χ1v) is 7.58. The van der Waals surface area contributed by atoms with Gasteiger partial charge in [-0.05, 0) is 0 Å². The Morgan fingerprint density at radius 1 is 0.435 bits per heavy atom. The van der Waals surface area contributed by atoms with E-state index in [1.165, 1.54) is 39.3 Å². The molecule has 3 saturated heterocycles. The number of ether oxygens (including phenoxy) is 6. The first-order chi connectivity index (χ1) is 11.2. The summed E-state index contributed by atoms with van der Waals surface area (Å²) in [5.74, 6) is 0. The average molecular weight is 340 g/mol. The van der Waals surface area contributed by atoms with Gasteiger partial charge in [-0.2, -0.15) is 0 Å². The highest BCUT2D eigenvalue weighted by atomic mass is 16.7. The molecule has 0 atom stereocenters. The molecule has 0 amide bonds. The predicted molar refractivity (Wildman–Crippen MR) is 89.5 cm³/mol. The van der Waals surface area contributed by atoms with Crippen molar-refractivity contribution >= 4 is 0 Å². The fourth-order valence-electron chi connectivity index (χ4n) is 1.87. The van der Waals surface area contributed by atoms with Crippen molar-refractivity contribution in [2.24, 2.45) is 0 Å². The molecule has 0 unspecified atom stereocenters. The van der Waals surface area contributed by atoms with Crippen LogP contribution in [0, 0.1) is 0 Å². The van der Waals surface area contributed by atoms with Crippen LogP contribution in [-0.4, -0.2) is 112 Å². The summed E-state index contributed by atoms with van der Waals surface area (Å²) in [4.78, 5) is 5.08. The highest BCUT2D eigenvalue weighted by Gasteiger charge is 2.21. The van der Waals surface area contributed by atoms with Gasteiger partial charge in [-0.3, -0.25) is 9.80 Å². The van der Waals surface area contributed by atoms with Crippen LogP contribution in [0.4, 0.5) is 0 Å². The van der Waals surface area contributed by atoms with Gasteiger partial charge in [0.25, 0.3) is 0 Å². The molecule has 3 rings (SSSR count). The smallest absolute Gasteiger partial charge is 0.145 e. The second kappa shape index (κ2) is 21.7. The van der Waals surface area contributed by atoms with E-state index in [-0.39, 0.29) is 0 Å². The van der Waals surface area contributed by atoms with Gasteiger partial charge >= 0.3 is 0 Å². The highest BCUT2D eigenvalue weighted by Crippen LogP contribution is 2.06. The summed E-state index contributed by atoms with van der Waals surface area (Å²) in [5.41, 5.74) is 0. The van der Waals surface area contributed by atoms with E-state index in [1.807, 2.05) is 0 Å². The molecule has 23 heavy (non-hydrogen) atoms. The summed E-state index contributed by atoms with van der Waals surface area (Å²) in [7, 11) is 9.52. The molecule has 0 spiro atoms. The summed E-state index contributed by atoms with van der Waals surface area (Å²) < 4.78 is 26.8. The topological polar surface area (TPSA) is 61.9 Å². The van der Waals surface area contributed by atoms with Crippen LogP contribution in [0.3, 0.4) is 0 Å². The molecule has 142 valence electrons. The summed E-state index contributed by atoms with van der Waals surface area (Å²) >= 11 is 0. The summed E-state index contributed by atoms with van der Waals surface area (Å²) in [6.45, 7) is 9.08. The van der Waals surface area contributed by atoms with Crippen molar-refractivity contribution < 1.29 is 28.4 Å². The highest BCUT2D eigenvalue weighted by molar-refractivity contribution is 4.78. The number of hydrogen-bond acceptors (Lipinski definition) is 8. The van der Waals surface area contributed by atoms with Crippen molar-refractivity contribution in [2.45, 2.75) is 0 Å². The van der Waals surface area contributed by atoms with Gasteiger partial charge in [0, 0.05) is 81.9 Å². The molecular formula is C15H36N2O6. The number of piperazine rings is 3. The zero-order valence-electron chi connectivity index (χ0n) is 15.7. The lowest BCUT2D eigenvalue weighted by atomic mass is 10.2. The third kappa shape index (κ3) is 19.6. The minimum Gasteiger partial charge on any atom is -0.359 e. The first-order valence-electron chi connectivity index (χ1n) is 7.58. The van der Waals surface area contributed by atoms with E-state index < -0.39 is 0 Å². The fraction of sp³-hybridized carbons (Fsp3) is 1.00. The molecule has 8 nitrogen and oxygen atoms in total. The second-order valence-electron chi connectivity index (χ2n) is 4.77. The van der Waals surface area contributed by atoms with Crippen LogP contribution in [0.25, 0.3) is 0 Å². The van der Waals surface area contributed by atoms with E-state index in [0.717, 1.165) is 0 Å². The summed E-state index contributed by atoms with van der Waals surface area (Å²) in [6, 6.07) is 0. The maximum atomic E-state index is 4.47. The molecule has 0 radical (unpaired) electrons. The van der Waals surface area contributed by atoms with E-state index in [4.69, 9.17) is 0 Å². The van der Waals surface area contributed by atoms with Crippen LogP contribution in [0.1, 0.15) is 0 Å². The second-order valence-corrected chi connectivity index (χ2v) is 4.77. The minimum absolute atomic E-state index is 0.389. The van der Waals surface area contributed by atoms with E-state index in [2.05, 4.69) is 38.2 Å². The van der Waals surface area contributed by atoms with Gasteiger partial charge < -0.3 is 28.4 Å². The quantitative estimate of drug-likeness (QED) is 0.641. The number of fused-ring (bicyclic) bond motifs is 3. The number of hydrogen-bond donors (Lipinski definition) is 0. The van der Waals surface area contributed by atoms with Gasteiger partial charge in [0.1, 0.15) is 20.4 Å². The lowest BCUT2D eigenvalue weighted by molar-refractivity contribution is -0.00282. The predicted octanol–water partition coefficient (Wildman–Crippen LogP) is 0.328. The molecule has 3 fully saturated rings. The van der Waals surface area contributed by atoms with Crippen molar-refractivity contribution in [2.75, 3.05) is 102 Å². The molecule has 8 heteroatoms. The Labute approximate surface area is 141 Å². The van der Waals surface area contributed by atoms with Crippen molar-refractivity contribution in [1.29, 1.82) is 0 Å². The monoisotopic (exact) mass is 340 g/mol. The molecule has 2 bridgehead atoms. The van der Waals surface area contributed by atoms with Crippen molar-refractivity contribution in [3.05, 3.63) is 0 Å². The van der Waals surface area contributed by atoms with Gasteiger partial charge in [0.15, 0.2) is 0 Å². The van der Waals surface area contributed by atoms with E-state index in [0.29, 0.717) is 20.4 Å². The Kier molecular flexibility index (Phi) is 23.5. The van der Waals surface area contributed by atoms with Crippen LogP contribution in [0.5, 0.6) is 0 Å². The van der Waals surface area contributed by atoms with Crippen LogP contribution in [-0.2, 0) is 28.4 Å². The molecule has 0 aromatic heterocycles. The maximum Gasteiger partial charge on any atom is 0.145 e. The molecule has 0 saturated carbocycles. The van der Waals surface area contributed by atoms with E-state index in [9.17, 15) is 0 Å². The molecule has 0 aromatic carbocycles. The lowest BCUT2D eigenvalue weighted by Gasteiger charge is -2.41. The number of methoxy groups -OCH3 is 6. The van der Waals surface area contributed by atoms with Gasteiger partial charge in [0.2, 0.25) is 0 Å². The molecule has 0 aromatic rings. The average Bonchev–Trinajstić information content (AvgIpc) is 2.60. The number of rotatable bonds is 6. The zero-order valence-corrected chi connectivity index (χ0v) is 15.7. The van der Waals surface area contributed by atoms with Crippen LogP contribution in [0.15, 0.2) is 0 Å². The van der Waals surface area contributed by atoms with Gasteiger partial charge in [0.05, 0.1) is 0 Å². The van der Waals surface area contributed by atoms with E-state index in [1.54, 1.807) is 42.7 Å². The Hall–Kier alpha value is -0.320. The summed E-state index contributed by atoms with van der Waals surface area (Å²) in [5, 5.41) is 0. The van der Waals surface area contributed by atoms with Crippen LogP contribution < -0.4 is 0 Å². The molecule has 3 aliphatic heterocycles. The van der Waals surface area contributed by atoms with Crippen LogP contribution in [0.2, 0.25) is 0 Å². The van der Waals surface area contributed by atoms with Crippen molar-refractivity contribution in [3.63, 3.8) is 0 Å². The molecule has 0 aliphatic carbocycles. The first kappa shape index (κ1) is 24.9. The molecule has 3 heterocycles. The van der Waals surface area contributed by atoms with Gasteiger partial charge in [-0.1, -0.05) is 0 Å². The minimum atomic E-state index is 0.389. The Morgan fingerprint density at radius 2 is 0.609 bits per heavy atom. The Morgan fingerprint density at radius 3 is 0.652 bits per heavy atom. The molecular weight excluding hydrogens is 304 g/mol. The van der Waals surface area contributed by atoms with Gasteiger partial charge in [-0.15, -0.1) is 0 Å². The third-order valence-corrected chi connectivity index (χ3v) is 2.90. The third-order valence-electron chi connectivity index (χ3n) is 2.90. The van der Waals surface area contributed by atoms with Crippen molar-refractivity contribution in [3.8, 4) is 0 Å². The fourth-order valence-corrected chi connectivity index (χ4v) is 1.87. The molecule has 3 aliphatic rings. The van der Waals surface area contributed by atoms with Crippen molar-refractivity contribution in [1.82, 2.24) is 9.80 Å².